The number of allylic oxidation sites excluding steroid dienone is 2. The summed E-state index contributed by atoms with van der Waals surface area (Å²) in [4.78, 5) is 63.8. The van der Waals surface area contributed by atoms with Crippen molar-refractivity contribution in [3.63, 3.8) is 0 Å². The summed E-state index contributed by atoms with van der Waals surface area (Å²) in [6.45, 7) is 10.8. The van der Waals surface area contributed by atoms with Gasteiger partial charge in [0.2, 0.25) is 5.60 Å². The number of hydrogen-bond donors (Lipinski definition) is 3. The van der Waals surface area contributed by atoms with Crippen LogP contribution >= 0.6 is 15.9 Å². The standard InChI is InChI=1S/C37H35BrO13/c1-15-11-24(16(2)10-23(15)34(43)50-25-14-26(47-8)28(33(41)42)19(5)18(25)4)49-35(44)29-20(6)21(7)32(30(38)31(29)40)51-36(45)37(46)17(3)12-22(39)13-27(37)48-9/h10-14,40,46H,1-9H3,(H,41,42)/t37-/m1/s1. The number of phenols is 1. The minimum absolute atomic E-state index is 0.0269. The molecular weight excluding hydrogens is 732 g/mol. The molecule has 51 heavy (non-hydrogen) atoms. The molecule has 4 rings (SSSR count). The van der Waals surface area contributed by atoms with Crippen LogP contribution in [0.15, 0.2) is 46.2 Å². The number of rotatable bonds is 9. The van der Waals surface area contributed by atoms with Gasteiger partial charge in [0.1, 0.15) is 44.4 Å². The number of carboxylic acids is 1. The summed E-state index contributed by atoms with van der Waals surface area (Å²) in [5, 5.41) is 31.9. The molecule has 0 spiro atoms. The Bertz CT molecular complexity index is 2080. The lowest BCUT2D eigenvalue weighted by Gasteiger charge is -2.30. The van der Waals surface area contributed by atoms with Crippen molar-refractivity contribution >= 4 is 45.6 Å². The van der Waals surface area contributed by atoms with Crippen LogP contribution in [0.4, 0.5) is 0 Å². The average molecular weight is 768 g/mol. The Balaban J connectivity index is 1.62. The highest BCUT2D eigenvalue weighted by Crippen LogP contribution is 2.44. The van der Waals surface area contributed by atoms with Gasteiger partial charge in [-0.3, -0.25) is 4.79 Å². The maximum Gasteiger partial charge on any atom is 0.356 e. The Morgan fingerprint density at radius 2 is 1.31 bits per heavy atom. The van der Waals surface area contributed by atoms with Gasteiger partial charge in [-0.25, -0.2) is 19.2 Å². The van der Waals surface area contributed by atoms with E-state index in [1.165, 1.54) is 53.2 Å². The van der Waals surface area contributed by atoms with Crippen LogP contribution < -0.4 is 18.9 Å². The summed E-state index contributed by atoms with van der Waals surface area (Å²) in [6.07, 6.45) is 2.02. The molecule has 0 amide bonds. The summed E-state index contributed by atoms with van der Waals surface area (Å²) in [5.74, 6) is -5.56. The number of halogens is 1. The number of phenolic OH excluding ortho intramolecular Hbond substituents is 1. The predicted octanol–water partition coefficient (Wildman–Crippen LogP) is 5.85. The number of esters is 3. The van der Waals surface area contributed by atoms with Crippen molar-refractivity contribution in [3.8, 4) is 28.7 Å². The molecule has 0 aromatic heterocycles. The van der Waals surface area contributed by atoms with E-state index in [0.717, 1.165) is 12.2 Å². The number of hydrogen-bond acceptors (Lipinski definition) is 12. The van der Waals surface area contributed by atoms with Crippen molar-refractivity contribution in [2.75, 3.05) is 14.2 Å². The van der Waals surface area contributed by atoms with E-state index < -0.39 is 41.0 Å². The highest BCUT2D eigenvalue weighted by molar-refractivity contribution is 9.10. The molecule has 0 heterocycles. The van der Waals surface area contributed by atoms with Crippen LogP contribution in [-0.4, -0.2) is 64.8 Å². The quantitative estimate of drug-likeness (QED) is 0.174. The molecule has 0 fully saturated rings. The van der Waals surface area contributed by atoms with E-state index in [-0.39, 0.29) is 66.6 Å². The summed E-state index contributed by atoms with van der Waals surface area (Å²) in [6, 6.07) is 4.24. The zero-order chi connectivity index (χ0) is 38.3. The molecule has 13 nitrogen and oxygen atoms in total. The number of aromatic carboxylic acids is 1. The topological polar surface area (TPSA) is 192 Å². The maximum atomic E-state index is 13.5. The fourth-order valence-electron chi connectivity index (χ4n) is 5.53. The maximum absolute atomic E-state index is 13.5. The largest absolute Gasteiger partial charge is 0.506 e. The Morgan fingerprint density at radius 1 is 0.706 bits per heavy atom. The number of benzene rings is 3. The molecule has 3 N–H and O–H groups in total. The molecule has 0 unspecified atom stereocenters. The minimum Gasteiger partial charge on any atom is -0.506 e. The van der Waals surface area contributed by atoms with Gasteiger partial charge in [0.25, 0.3) is 0 Å². The summed E-state index contributed by atoms with van der Waals surface area (Å²) in [5.41, 5.74) is -0.637. The lowest BCUT2D eigenvalue weighted by Crippen LogP contribution is -2.47. The van der Waals surface area contributed by atoms with Crippen LogP contribution in [0.2, 0.25) is 0 Å². The molecule has 1 atom stereocenters. The molecule has 0 radical (unpaired) electrons. The first-order valence-electron chi connectivity index (χ1n) is 15.2. The van der Waals surface area contributed by atoms with E-state index in [1.807, 2.05) is 0 Å². The van der Waals surface area contributed by atoms with Gasteiger partial charge in [-0.15, -0.1) is 0 Å². The van der Waals surface area contributed by atoms with E-state index in [0.29, 0.717) is 22.3 Å². The Labute approximate surface area is 301 Å². The number of methoxy groups -OCH3 is 2. The van der Waals surface area contributed by atoms with Crippen LogP contribution in [-0.2, 0) is 14.3 Å². The predicted molar refractivity (Wildman–Crippen MR) is 185 cm³/mol. The molecular formula is C37H35BrO13. The SMILES string of the molecule is COC1=CC(=O)C=C(C)[C@]1(O)C(=O)Oc1c(C)c(C)c(C(=O)Oc2cc(C)c(C(=O)Oc3cc(OC)c(C(=O)O)c(C)c3C)cc2C)c(O)c1Br. The first kappa shape index (κ1) is 38.3. The molecule has 0 aliphatic heterocycles. The monoisotopic (exact) mass is 766 g/mol. The van der Waals surface area contributed by atoms with Gasteiger partial charge in [0.05, 0.1) is 19.8 Å². The summed E-state index contributed by atoms with van der Waals surface area (Å²) < 4.78 is 27.0. The smallest absolute Gasteiger partial charge is 0.356 e. The molecule has 3 aromatic rings. The van der Waals surface area contributed by atoms with Crippen LogP contribution in [0.25, 0.3) is 0 Å². The normalized spacial score (nSPS) is 15.4. The van der Waals surface area contributed by atoms with Gasteiger partial charge in [-0.05, 0) is 122 Å². The minimum atomic E-state index is -2.43. The number of aromatic hydroxyl groups is 1. The van der Waals surface area contributed by atoms with Crippen molar-refractivity contribution in [2.45, 2.75) is 54.1 Å². The van der Waals surface area contributed by atoms with Crippen LogP contribution in [0.5, 0.6) is 28.7 Å². The fraction of sp³-hybridized carbons (Fsp3) is 0.270. The Hall–Kier alpha value is -5.47. The van der Waals surface area contributed by atoms with E-state index in [9.17, 15) is 39.3 Å². The molecule has 0 saturated carbocycles. The van der Waals surface area contributed by atoms with E-state index >= 15 is 0 Å². The second-order valence-corrected chi connectivity index (χ2v) is 12.7. The highest BCUT2D eigenvalue weighted by atomic mass is 79.9. The third-order valence-corrected chi connectivity index (χ3v) is 9.53. The first-order valence-corrected chi connectivity index (χ1v) is 16.0. The third-order valence-electron chi connectivity index (χ3n) is 8.79. The van der Waals surface area contributed by atoms with Crippen molar-refractivity contribution in [1.29, 1.82) is 0 Å². The number of ketones is 1. The lowest BCUT2D eigenvalue weighted by atomic mass is 9.87. The average Bonchev–Trinajstić information content (AvgIpc) is 3.06. The number of ether oxygens (including phenoxy) is 5. The van der Waals surface area contributed by atoms with Gasteiger partial charge >= 0.3 is 23.9 Å². The van der Waals surface area contributed by atoms with Crippen LogP contribution in [0, 0.1) is 41.5 Å². The Kier molecular flexibility index (Phi) is 10.8. The number of carboxylic acid groups (broad SMARTS) is 1. The van der Waals surface area contributed by atoms with Crippen molar-refractivity contribution in [1.82, 2.24) is 0 Å². The zero-order valence-corrected chi connectivity index (χ0v) is 30.8. The molecule has 0 saturated heterocycles. The van der Waals surface area contributed by atoms with Crippen LogP contribution in [0.1, 0.15) is 71.4 Å². The number of aliphatic hydroxyl groups is 1. The first-order chi connectivity index (χ1) is 23.8. The van der Waals surface area contributed by atoms with Gasteiger partial charge in [-0.2, -0.15) is 0 Å². The van der Waals surface area contributed by atoms with E-state index in [1.54, 1.807) is 27.7 Å². The number of carbonyl (C=O) groups is 5. The second-order valence-electron chi connectivity index (χ2n) is 11.9. The van der Waals surface area contributed by atoms with Gasteiger partial charge in [0, 0.05) is 12.1 Å². The van der Waals surface area contributed by atoms with E-state index in [2.05, 4.69) is 15.9 Å². The molecule has 1 aliphatic carbocycles. The molecule has 14 heteroatoms. The fourth-order valence-corrected chi connectivity index (χ4v) is 6.10. The zero-order valence-electron chi connectivity index (χ0n) is 29.2. The van der Waals surface area contributed by atoms with Gasteiger partial charge in [-0.1, -0.05) is 0 Å². The second kappa shape index (κ2) is 14.4. The van der Waals surface area contributed by atoms with Crippen molar-refractivity contribution in [3.05, 3.63) is 96.2 Å². The summed E-state index contributed by atoms with van der Waals surface area (Å²) >= 11 is 3.19. The highest BCUT2D eigenvalue weighted by Gasteiger charge is 2.48. The van der Waals surface area contributed by atoms with Gasteiger partial charge < -0.3 is 39.0 Å². The third kappa shape index (κ3) is 6.84. The van der Waals surface area contributed by atoms with E-state index in [4.69, 9.17) is 23.7 Å². The molecule has 268 valence electrons. The molecule has 0 bridgehead atoms. The van der Waals surface area contributed by atoms with Crippen molar-refractivity contribution in [2.24, 2.45) is 0 Å². The lowest BCUT2D eigenvalue weighted by molar-refractivity contribution is -0.151. The van der Waals surface area contributed by atoms with Crippen LogP contribution in [0.3, 0.4) is 0 Å². The van der Waals surface area contributed by atoms with Crippen molar-refractivity contribution < 1.29 is 63.0 Å². The Morgan fingerprint density at radius 3 is 1.90 bits per heavy atom. The summed E-state index contributed by atoms with van der Waals surface area (Å²) in [7, 11) is 2.49. The van der Waals surface area contributed by atoms with Gasteiger partial charge in [0.15, 0.2) is 11.5 Å². The number of aryl methyl sites for hydroxylation is 2. The molecule has 3 aromatic carbocycles. The molecule has 1 aliphatic rings. The number of carbonyl (C=O) groups excluding carboxylic acids is 4.